The van der Waals surface area contributed by atoms with Gasteiger partial charge in [-0.3, -0.25) is 9.48 Å². The summed E-state index contributed by atoms with van der Waals surface area (Å²) in [5, 5.41) is 4.09. The molecule has 1 heterocycles. The van der Waals surface area contributed by atoms with Crippen LogP contribution in [0.2, 0.25) is 5.02 Å². The van der Waals surface area contributed by atoms with E-state index in [0.717, 1.165) is 16.8 Å². The maximum absolute atomic E-state index is 13.3. The van der Waals surface area contributed by atoms with Gasteiger partial charge in [0.2, 0.25) is 0 Å². The third-order valence-corrected chi connectivity index (χ3v) is 4.81. The predicted molar refractivity (Wildman–Crippen MR) is 110 cm³/mol. The monoisotopic (exact) mass is 414 g/mol. The molecule has 0 amide bonds. The highest BCUT2D eigenvalue weighted by Crippen LogP contribution is 2.25. The molecule has 0 radical (unpaired) electrons. The fourth-order valence-electron chi connectivity index (χ4n) is 2.74. The Balaban J connectivity index is 1.76. The number of nitrogens with zero attached hydrogens (tertiary/aromatic N) is 2. The summed E-state index contributed by atoms with van der Waals surface area (Å²) in [6.07, 6.45) is 4.80. The van der Waals surface area contributed by atoms with Crippen LogP contribution in [0.1, 0.15) is 27.2 Å². The van der Waals surface area contributed by atoms with E-state index in [4.69, 9.17) is 21.1 Å². The van der Waals surface area contributed by atoms with Gasteiger partial charge >= 0.3 is 0 Å². The SMILES string of the molecule is COc1ccc(/C=C/C(=O)c2cnn(C)c2C)cc1COc1ccc(F)c(Cl)c1. The van der Waals surface area contributed by atoms with Crippen molar-refractivity contribution < 1.29 is 18.7 Å². The number of aryl methyl sites for hydroxylation is 1. The Hall–Kier alpha value is -3.12. The number of carbonyl (C=O) groups is 1. The summed E-state index contributed by atoms with van der Waals surface area (Å²) in [5.41, 5.74) is 2.96. The highest BCUT2D eigenvalue weighted by molar-refractivity contribution is 6.30. The first kappa shape index (κ1) is 20.6. The number of hydrogen-bond donors (Lipinski definition) is 0. The fourth-order valence-corrected chi connectivity index (χ4v) is 2.92. The Morgan fingerprint density at radius 3 is 2.72 bits per heavy atom. The maximum Gasteiger partial charge on any atom is 0.189 e. The minimum absolute atomic E-state index is 0.00430. The Labute approximate surface area is 173 Å². The van der Waals surface area contributed by atoms with Gasteiger partial charge in [0, 0.05) is 24.4 Å². The molecule has 0 spiro atoms. The van der Waals surface area contributed by atoms with Gasteiger partial charge < -0.3 is 9.47 Å². The number of benzene rings is 2. The second-order valence-corrected chi connectivity index (χ2v) is 6.81. The molecule has 0 atom stereocenters. The van der Waals surface area contributed by atoms with Crippen LogP contribution in [-0.2, 0) is 13.7 Å². The van der Waals surface area contributed by atoms with Crippen molar-refractivity contribution in [3.8, 4) is 11.5 Å². The zero-order valence-electron chi connectivity index (χ0n) is 16.3. The van der Waals surface area contributed by atoms with Crippen molar-refractivity contribution in [1.82, 2.24) is 9.78 Å². The van der Waals surface area contributed by atoms with E-state index < -0.39 is 5.82 Å². The van der Waals surface area contributed by atoms with Crippen molar-refractivity contribution in [2.24, 2.45) is 7.05 Å². The van der Waals surface area contributed by atoms with E-state index in [9.17, 15) is 9.18 Å². The maximum atomic E-state index is 13.3. The number of carbonyl (C=O) groups excluding carboxylic acids is 1. The molecule has 3 aromatic rings. The molecule has 0 N–H and O–H groups in total. The van der Waals surface area contributed by atoms with Crippen LogP contribution in [0.15, 0.2) is 48.7 Å². The van der Waals surface area contributed by atoms with Crippen LogP contribution in [0.3, 0.4) is 0 Å². The summed E-state index contributed by atoms with van der Waals surface area (Å²) < 4.78 is 26.0. The smallest absolute Gasteiger partial charge is 0.189 e. The standard InChI is InChI=1S/C22H20ClFN2O3/c1-14-18(12-25-26(14)2)21(27)8-4-15-5-9-22(28-3)16(10-15)13-29-17-6-7-20(24)19(23)11-17/h4-12H,13H2,1-3H3/b8-4+. The van der Waals surface area contributed by atoms with Gasteiger partial charge in [-0.15, -0.1) is 0 Å². The van der Waals surface area contributed by atoms with Crippen LogP contribution < -0.4 is 9.47 Å². The van der Waals surface area contributed by atoms with Crippen LogP contribution in [0, 0.1) is 12.7 Å². The largest absolute Gasteiger partial charge is 0.496 e. The van der Waals surface area contributed by atoms with Gasteiger partial charge in [-0.05, 0) is 42.8 Å². The minimum atomic E-state index is -0.503. The van der Waals surface area contributed by atoms with Crippen molar-refractivity contribution >= 4 is 23.5 Å². The lowest BCUT2D eigenvalue weighted by molar-refractivity contribution is 0.104. The summed E-state index contributed by atoms with van der Waals surface area (Å²) >= 11 is 5.79. The van der Waals surface area contributed by atoms with Crippen molar-refractivity contribution in [2.45, 2.75) is 13.5 Å². The first-order chi connectivity index (χ1) is 13.9. The quantitative estimate of drug-likeness (QED) is 0.403. The van der Waals surface area contributed by atoms with E-state index in [0.29, 0.717) is 17.1 Å². The summed E-state index contributed by atoms with van der Waals surface area (Å²) in [4.78, 5) is 12.4. The van der Waals surface area contributed by atoms with Crippen molar-refractivity contribution in [1.29, 1.82) is 0 Å². The summed E-state index contributed by atoms with van der Waals surface area (Å²) in [6, 6.07) is 9.69. The second-order valence-electron chi connectivity index (χ2n) is 6.40. The molecule has 0 fully saturated rings. The molecule has 7 heteroatoms. The highest BCUT2D eigenvalue weighted by Gasteiger charge is 2.10. The molecule has 150 valence electrons. The first-order valence-corrected chi connectivity index (χ1v) is 9.22. The average Bonchev–Trinajstić information content (AvgIpc) is 3.05. The number of rotatable bonds is 7. The summed E-state index contributed by atoms with van der Waals surface area (Å²) in [7, 11) is 3.36. The number of aromatic nitrogens is 2. The third kappa shape index (κ3) is 4.84. The van der Waals surface area contributed by atoms with Gasteiger partial charge in [-0.2, -0.15) is 5.10 Å². The molecule has 0 aliphatic carbocycles. The molecular weight excluding hydrogens is 395 g/mol. The molecule has 0 unspecified atom stereocenters. The van der Waals surface area contributed by atoms with Gasteiger partial charge in [0.15, 0.2) is 5.78 Å². The van der Waals surface area contributed by atoms with E-state index in [1.165, 1.54) is 24.3 Å². The molecule has 0 bridgehead atoms. The zero-order chi connectivity index (χ0) is 21.0. The summed E-state index contributed by atoms with van der Waals surface area (Å²) in [6.45, 7) is 2.04. The predicted octanol–water partition coefficient (Wildman–Crippen LogP) is 5.00. The van der Waals surface area contributed by atoms with E-state index in [1.807, 2.05) is 19.1 Å². The van der Waals surface area contributed by atoms with Gasteiger partial charge in [0.1, 0.15) is 23.9 Å². The lowest BCUT2D eigenvalue weighted by Gasteiger charge is -2.11. The van der Waals surface area contributed by atoms with Crippen LogP contribution in [0.5, 0.6) is 11.5 Å². The highest BCUT2D eigenvalue weighted by atomic mass is 35.5. The lowest BCUT2D eigenvalue weighted by Crippen LogP contribution is -2.00. The molecule has 3 rings (SSSR count). The fraction of sp³-hybridized carbons (Fsp3) is 0.182. The van der Waals surface area contributed by atoms with E-state index in [2.05, 4.69) is 5.10 Å². The Bertz CT molecular complexity index is 1080. The minimum Gasteiger partial charge on any atom is -0.496 e. The molecule has 0 saturated heterocycles. The number of hydrogen-bond acceptors (Lipinski definition) is 4. The van der Waals surface area contributed by atoms with Crippen molar-refractivity contribution in [3.05, 3.63) is 81.9 Å². The molecule has 1 aromatic heterocycles. The van der Waals surface area contributed by atoms with E-state index in [-0.39, 0.29) is 17.4 Å². The van der Waals surface area contributed by atoms with Crippen LogP contribution >= 0.6 is 11.6 Å². The van der Waals surface area contributed by atoms with Gasteiger partial charge in [-0.1, -0.05) is 23.7 Å². The number of methoxy groups -OCH3 is 1. The number of allylic oxidation sites excluding steroid dienone is 1. The van der Waals surface area contributed by atoms with Crippen LogP contribution in [0.25, 0.3) is 6.08 Å². The topological polar surface area (TPSA) is 53.3 Å². The van der Waals surface area contributed by atoms with Crippen molar-refractivity contribution in [3.63, 3.8) is 0 Å². The van der Waals surface area contributed by atoms with Gasteiger partial charge in [-0.25, -0.2) is 4.39 Å². The normalized spacial score (nSPS) is 11.1. The number of ketones is 1. The number of ether oxygens (including phenoxy) is 2. The average molecular weight is 415 g/mol. The van der Waals surface area contributed by atoms with E-state index >= 15 is 0 Å². The van der Waals surface area contributed by atoms with E-state index in [1.54, 1.807) is 37.2 Å². The third-order valence-electron chi connectivity index (χ3n) is 4.52. The lowest BCUT2D eigenvalue weighted by atomic mass is 10.1. The molecule has 0 aliphatic rings. The van der Waals surface area contributed by atoms with Crippen LogP contribution in [-0.4, -0.2) is 22.7 Å². The molecule has 5 nitrogen and oxygen atoms in total. The molecule has 0 saturated carbocycles. The van der Waals surface area contributed by atoms with Crippen molar-refractivity contribution in [2.75, 3.05) is 7.11 Å². The Morgan fingerprint density at radius 2 is 2.07 bits per heavy atom. The Kier molecular flexibility index (Phi) is 6.34. The van der Waals surface area contributed by atoms with Gasteiger partial charge in [0.25, 0.3) is 0 Å². The van der Waals surface area contributed by atoms with Gasteiger partial charge in [0.05, 0.1) is 23.9 Å². The summed E-state index contributed by atoms with van der Waals surface area (Å²) in [5.74, 6) is 0.467. The Morgan fingerprint density at radius 1 is 1.28 bits per heavy atom. The number of halogens is 2. The van der Waals surface area contributed by atoms with Crippen LogP contribution in [0.4, 0.5) is 4.39 Å². The zero-order valence-corrected chi connectivity index (χ0v) is 17.0. The second kappa shape index (κ2) is 8.92. The molecule has 29 heavy (non-hydrogen) atoms. The molecule has 0 aliphatic heterocycles. The first-order valence-electron chi connectivity index (χ1n) is 8.85. The molecular formula is C22H20ClFN2O3. The molecule has 2 aromatic carbocycles.